The fraction of sp³-hybridized carbons (Fsp3) is 1.00. The molecular formula is C15H32N2O. The third-order valence-electron chi connectivity index (χ3n) is 3.93. The Balaban J connectivity index is 2.50. The van der Waals surface area contributed by atoms with Gasteiger partial charge >= 0.3 is 0 Å². The predicted octanol–water partition coefficient (Wildman–Crippen LogP) is 2.25. The van der Waals surface area contributed by atoms with E-state index >= 15 is 0 Å². The Morgan fingerprint density at radius 2 is 1.89 bits per heavy atom. The van der Waals surface area contributed by atoms with Gasteiger partial charge in [0.15, 0.2) is 0 Å². The average molecular weight is 256 g/mol. The molecule has 0 saturated heterocycles. The molecule has 0 aromatic rings. The molecule has 0 aliphatic heterocycles. The van der Waals surface area contributed by atoms with Gasteiger partial charge in [-0.2, -0.15) is 0 Å². The van der Waals surface area contributed by atoms with Gasteiger partial charge in [0, 0.05) is 19.1 Å². The maximum atomic E-state index is 9.96. The van der Waals surface area contributed by atoms with Crippen molar-refractivity contribution in [2.45, 2.75) is 65.0 Å². The Bertz CT molecular complexity index is 223. The first-order chi connectivity index (χ1) is 8.46. The summed E-state index contributed by atoms with van der Waals surface area (Å²) in [5.74, 6) is 0.751. The van der Waals surface area contributed by atoms with E-state index in [0.717, 1.165) is 32.1 Å². The first-order valence-electron chi connectivity index (χ1n) is 7.64. The van der Waals surface area contributed by atoms with Crippen LogP contribution in [0, 0.1) is 5.92 Å². The van der Waals surface area contributed by atoms with E-state index in [9.17, 15) is 5.11 Å². The highest BCUT2D eigenvalue weighted by Gasteiger charge is 2.27. The second-order valence-electron chi connectivity index (χ2n) is 6.35. The number of hydrogen-bond acceptors (Lipinski definition) is 3. The van der Waals surface area contributed by atoms with Crippen LogP contribution in [0.3, 0.4) is 0 Å². The van der Waals surface area contributed by atoms with Crippen LogP contribution in [0.1, 0.15) is 53.4 Å². The zero-order chi connectivity index (χ0) is 13.6. The molecule has 2 N–H and O–H groups in total. The van der Waals surface area contributed by atoms with Gasteiger partial charge < -0.3 is 15.3 Å². The molecule has 0 amide bonds. The molecule has 3 heteroatoms. The zero-order valence-corrected chi connectivity index (χ0v) is 12.7. The van der Waals surface area contributed by atoms with Crippen LogP contribution in [-0.4, -0.2) is 47.8 Å². The van der Waals surface area contributed by atoms with Crippen LogP contribution < -0.4 is 5.32 Å². The van der Waals surface area contributed by atoms with E-state index in [1.54, 1.807) is 0 Å². The van der Waals surface area contributed by atoms with Gasteiger partial charge in [0.1, 0.15) is 0 Å². The maximum absolute atomic E-state index is 9.96. The number of aliphatic hydroxyl groups is 1. The zero-order valence-electron chi connectivity index (χ0n) is 12.7. The second-order valence-corrected chi connectivity index (χ2v) is 6.35. The normalized spacial score (nSPS) is 25.7. The molecule has 108 valence electrons. The molecule has 0 aromatic heterocycles. The second kappa shape index (κ2) is 7.46. The predicted molar refractivity (Wildman–Crippen MR) is 77.8 cm³/mol. The van der Waals surface area contributed by atoms with Gasteiger partial charge in [-0.1, -0.05) is 26.7 Å². The quantitative estimate of drug-likeness (QED) is 0.733. The van der Waals surface area contributed by atoms with Crippen molar-refractivity contribution in [1.82, 2.24) is 10.2 Å². The van der Waals surface area contributed by atoms with Crippen LogP contribution in [0.25, 0.3) is 0 Å². The summed E-state index contributed by atoms with van der Waals surface area (Å²) in [6.45, 7) is 12.2. The number of nitrogens with one attached hydrogen (secondary N) is 1. The highest BCUT2D eigenvalue weighted by Crippen LogP contribution is 2.25. The SMILES string of the molecule is CCNC1CCCCC1CN(CC)CC(C)(C)O. The van der Waals surface area contributed by atoms with Gasteiger partial charge in [0.05, 0.1) is 5.60 Å². The lowest BCUT2D eigenvalue weighted by atomic mass is 9.84. The first kappa shape index (κ1) is 15.9. The summed E-state index contributed by atoms with van der Waals surface area (Å²) in [6, 6.07) is 0.680. The molecule has 2 atom stereocenters. The van der Waals surface area contributed by atoms with Gasteiger partial charge in [-0.25, -0.2) is 0 Å². The molecular weight excluding hydrogens is 224 g/mol. The molecule has 0 heterocycles. The molecule has 2 unspecified atom stereocenters. The maximum Gasteiger partial charge on any atom is 0.0718 e. The molecule has 1 rings (SSSR count). The summed E-state index contributed by atoms with van der Waals surface area (Å²) < 4.78 is 0. The van der Waals surface area contributed by atoms with Crippen LogP contribution in [0.15, 0.2) is 0 Å². The fourth-order valence-electron chi connectivity index (χ4n) is 3.14. The molecule has 1 fully saturated rings. The van der Waals surface area contributed by atoms with E-state index in [1.165, 1.54) is 25.7 Å². The molecule has 0 spiro atoms. The van der Waals surface area contributed by atoms with Crippen molar-refractivity contribution >= 4 is 0 Å². The number of nitrogens with zero attached hydrogens (tertiary/aromatic N) is 1. The standard InChI is InChI=1S/C15H32N2O/c1-5-16-14-10-8-7-9-13(14)11-17(6-2)12-15(3,4)18/h13-14,16,18H,5-12H2,1-4H3. The van der Waals surface area contributed by atoms with Crippen molar-refractivity contribution in [3.8, 4) is 0 Å². The van der Waals surface area contributed by atoms with Gasteiger partial charge in [0.25, 0.3) is 0 Å². The van der Waals surface area contributed by atoms with Crippen LogP contribution in [0.4, 0.5) is 0 Å². The van der Waals surface area contributed by atoms with Crippen molar-refractivity contribution in [1.29, 1.82) is 0 Å². The third-order valence-corrected chi connectivity index (χ3v) is 3.93. The number of likely N-dealkylation sites (N-methyl/N-ethyl adjacent to an activating group) is 1. The molecule has 0 aromatic carbocycles. The molecule has 0 radical (unpaired) electrons. The van der Waals surface area contributed by atoms with Crippen molar-refractivity contribution in [2.75, 3.05) is 26.2 Å². The third kappa shape index (κ3) is 5.68. The summed E-state index contributed by atoms with van der Waals surface area (Å²) in [6.07, 6.45) is 5.39. The lowest BCUT2D eigenvalue weighted by Gasteiger charge is -2.37. The fourth-order valence-corrected chi connectivity index (χ4v) is 3.14. The van der Waals surface area contributed by atoms with Gasteiger partial charge in [-0.3, -0.25) is 0 Å². The van der Waals surface area contributed by atoms with Crippen molar-refractivity contribution in [3.05, 3.63) is 0 Å². The van der Waals surface area contributed by atoms with E-state index in [0.29, 0.717) is 6.04 Å². The van der Waals surface area contributed by atoms with E-state index in [1.807, 2.05) is 13.8 Å². The summed E-state index contributed by atoms with van der Waals surface area (Å²) in [5.41, 5.74) is -0.585. The minimum Gasteiger partial charge on any atom is -0.389 e. The van der Waals surface area contributed by atoms with Gasteiger partial charge in [-0.05, 0) is 45.7 Å². The molecule has 18 heavy (non-hydrogen) atoms. The smallest absolute Gasteiger partial charge is 0.0718 e. The number of hydrogen-bond donors (Lipinski definition) is 2. The first-order valence-corrected chi connectivity index (χ1v) is 7.64. The van der Waals surface area contributed by atoms with Crippen LogP contribution in [0.5, 0.6) is 0 Å². The van der Waals surface area contributed by atoms with Crippen molar-refractivity contribution in [2.24, 2.45) is 5.92 Å². The Kier molecular flexibility index (Phi) is 6.61. The Labute approximate surface area is 113 Å². The van der Waals surface area contributed by atoms with Crippen LogP contribution in [-0.2, 0) is 0 Å². The Morgan fingerprint density at radius 1 is 1.22 bits per heavy atom. The highest BCUT2D eigenvalue weighted by molar-refractivity contribution is 4.84. The lowest BCUT2D eigenvalue weighted by Crippen LogP contribution is -2.47. The minimum absolute atomic E-state index is 0.585. The van der Waals surface area contributed by atoms with E-state index in [2.05, 4.69) is 24.1 Å². The van der Waals surface area contributed by atoms with E-state index in [-0.39, 0.29) is 0 Å². The van der Waals surface area contributed by atoms with Gasteiger partial charge in [0.2, 0.25) is 0 Å². The van der Waals surface area contributed by atoms with Crippen LogP contribution >= 0.6 is 0 Å². The van der Waals surface area contributed by atoms with E-state index < -0.39 is 5.60 Å². The van der Waals surface area contributed by atoms with Gasteiger partial charge in [-0.15, -0.1) is 0 Å². The molecule has 0 bridgehead atoms. The van der Waals surface area contributed by atoms with E-state index in [4.69, 9.17) is 0 Å². The summed E-state index contributed by atoms with van der Waals surface area (Å²) >= 11 is 0. The molecule has 3 nitrogen and oxygen atoms in total. The summed E-state index contributed by atoms with van der Waals surface area (Å²) in [5, 5.41) is 13.6. The monoisotopic (exact) mass is 256 g/mol. The average Bonchev–Trinajstić information content (AvgIpc) is 2.29. The molecule has 1 aliphatic rings. The Morgan fingerprint density at radius 3 is 2.44 bits per heavy atom. The van der Waals surface area contributed by atoms with Crippen molar-refractivity contribution in [3.63, 3.8) is 0 Å². The summed E-state index contributed by atoms with van der Waals surface area (Å²) in [7, 11) is 0. The van der Waals surface area contributed by atoms with Crippen molar-refractivity contribution < 1.29 is 5.11 Å². The lowest BCUT2D eigenvalue weighted by molar-refractivity contribution is 0.0282. The Hall–Kier alpha value is -0.120. The molecule has 1 aliphatic carbocycles. The van der Waals surface area contributed by atoms with Crippen LogP contribution in [0.2, 0.25) is 0 Å². The summed E-state index contributed by atoms with van der Waals surface area (Å²) in [4.78, 5) is 2.40. The largest absolute Gasteiger partial charge is 0.389 e. The molecule has 1 saturated carbocycles. The minimum atomic E-state index is -0.585. The topological polar surface area (TPSA) is 35.5 Å². The highest BCUT2D eigenvalue weighted by atomic mass is 16.3. The number of rotatable bonds is 7.